The van der Waals surface area contributed by atoms with Gasteiger partial charge in [0.1, 0.15) is 11.0 Å². The van der Waals surface area contributed by atoms with Crippen molar-refractivity contribution in [3.8, 4) is 0 Å². The minimum Gasteiger partial charge on any atom is -0.354 e. The van der Waals surface area contributed by atoms with Crippen molar-refractivity contribution in [2.45, 2.75) is 18.5 Å². The molecule has 1 aliphatic heterocycles. The first-order chi connectivity index (χ1) is 12.9. The normalized spacial score (nSPS) is 14.6. The van der Waals surface area contributed by atoms with Crippen molar-refractivity contribution in [2.24, 2.45) is 0 Å². The molecule has 0 unspecified atom stereocenters. The second-order valence-corrected chi connectivity index (χ2v) is 7.82. The van der Waals surface area contributed by atoms with Crippen molar-refractivity contribution < 1.29 is 9.59 Å². The number of nitrogens with one attached hydrogen (secondary N) is 1. The summed E-state index contributed by atoms with van der Waals surface area (Å²) in [5.41, 5.74) is 0. The summed E-state index contributed by atoms with van der Waals surface area (Å²) in [5, 5.41) is 3.69. The number of hydrogen-bond acceptors (Lipinski definition) is 7. The average molecular weight is 415 g/mol. The van der Waals surface area contributed by atoms with E-state index in [0.717, 1.165) is 12.4 Å². The maximum absolute atomic E-state index is 11.9. The number of halogens is 1. The number of aromatic nitrogens is 2. The molecule has 1 N–H and O–H groups in total. The molecular weight excluding hydrogens is 388 g/mol. The number of amides is 2. The Morgan fingerprint density at radius 3 is 2.59 bits per heavy atom. The van der Waals surface area contributed by atoms with Gasteiger partial charge in [-0.2, -0.15) is 0 Å². The van der Waals surface area contributed by atoms with Crippen LogP contribution in [0.1, 0.15) is 13.3 Å². The Bertz CT molecular complexity index is 652. The van der Waals surface area contributed by atoms with Gasteiger partial charge in [-0.3, -0.25) is 9.59 Å². The summed E-state index contributed by atoms with van der Waals surface area (Å²) in [4.78, 5) is 38.4. The van der Waals surface area contributed by atoms with Crippen LogP contribution in [0.3, 0.4) is 0 Å². The van der Waals surface area contributed by atoms with Gasteiger partial charge in [-0.1, -0.05) is 30.3 Å². The standard InChI is InChI=1S/C17H27ClN6O2S/c1-4-16(26)24-9-7-23(8-10-24)14-11-13(18)20-17(21-14)27-12-15(25)19-5-6-22(2)3/h11H,4-10,12H2,1-3H3,(H,19,25). The van der Waals surface area contributed by atoms with Crippen LogP contribution in [0.15, 0.2) is 11.2 Å². The maximum Gasteiger partial charge on any atom is 0.230 e. The lowest BCUT2D eigenvalue weighted by Gasteiger charge is -2.35. The Balaban J connectivity index is 1.88. The number of likely N-dealkylation sites (N-methyl/N-ethyl adjacent to an activating group) is 1. The monoisotopic (exact) mass is 414 g/mol. The van der Waals surface area contributed by atoms with E-state index < -0.39 is 0 Å². The van der Waals surface area contributed by atoms with E-state index in [9.17, 15) is 9.59 Å². The Hall–Kier alpha value is -1.58. The number of piperazine rings is 1. The van der Waals surface area contributed by atoms with Crippen LogP contribution in [-0.4, -0.2) is 90.7 Å². The van der Waals surface area contributed by atoms with E-state index in [4.69, 9.17) is 11.6 Å². The number of hydrogen-bond donors (Lipinski definition) is 1. The van der Waals surface area contributed by atoms with Gasteiger partial charge in [0.2, 0.25) is 11.8 Å². The van der Waals surface area contributed by atoms with Crippen molar-refractivity contribution in [3.63, 3.8) is 0 Å². The maximum atomic E-state index is 11.9. The van der Waals surface area contributed by atoms with Crippen LogP contribution in [0.2, 0.25) is 5.15 Å². The molecule has 8 nitrogen and oxygen atoms in total. The van der Waals surface area contributed by atoms with E-state index in [-0.39, 0.29) is 17.6 Å². The van der Waals surface area contributed by atoms with Gasteiger partial charge in [0.15, 0.2) is 5.16 Å². The molecule has 0 aliphatic carbocycles. The lowest BCUT2D eigenvalue weighted by molar-refractivity contribution is -0.131. The van der Waals surface area contributed by atoms with Crippen molar-refractivity contribution in [2.75, 3.05) is 64.0 Å². The Morgan fingerprint density at radius 2 is 1.96 bits per heavy atom. The predicted octanol–water partition coefficient (Wildman–Crippen LogP) is 0.959. The highest BCUT2D eigenvalue weighted by molar-refractivity contribution is 7.99. The molecule has 150 valence electrons. The number of rotatable bonds is 8. The molecule has 1 saturated heterocycles. The van der Waals surface area contributed by atoms with Gasteiger partial charge < -0.3 is 20.0 Å². The van der Waals surface area contributed by atoms with Gasteiger partial charge in [0.05, 0.1) is 5.75 Å². The quantitative estimate of drug-likeness (QED) is 0.385. The molecule has 27 heavy (non-hydrogen) atoms. The molecule has 1 aliphatic rings. The summed E-state index contributed by atoms with van der Waals surface area (Å²) in [6.45, 7) is 6.02. The van der Waals surface area contributed by atoms with Crippen LogP contribution in [0.25, 0.3) is 0 Å². The Labute approximate surface area is 169 Å². The van der Waals surface area contributed by atoms with Crippen LogP contribution in [0.4, 0.5) is 5.82 Å². The smallest absolute Gasteiger partial charge is 0.230 e. The van der Waals surface area contributed by atoms with Crippen molar-refractivity contribution in [1.82, 2.24) is 25.1 Å². The molecule has 0 aromatic carbocycles. The molecule has 0 saturated carbocycles. The topological polar surface area (TPSA) is 81.7 Å². The van der Waals surface area contributed by atoms with Gasteiger partial charge >= 0.3 is 0 Å². The van der Waals surface area contributed by atoms with Crippen molar-refractivity contribution in [1.29, 1.82) is 0 Å². The third-order valence-electron chi connectivity index (χ3n) is 4.13. The van der Waals surface area contributed by atoms with Gasteiger partial charge in [-0.05, 0) is 14.1 Å². The van der Waals surface area contributed by atoms with Gasteiger partial charge in [0.25, 0.3) is 0 Å². The van der Waals surface area contributed by atoms with Crippen LogP contribution < -0.4 is 10.2 Å². The average Bonchev–Trinajstić information content (AvgIpc) is 2.65. The minimum atomic E-state index is -0.0568. The molecule has 2 heterocycles. The number of carbonyl (C=O) groups excluding carboxylic acids is 2. The third kappa shape index (κ3) is 7.15. The van der Waals surface area contributed by atoms with Crippen molar-refractivity contribution in [3.05, 3.63) is 11.2 Å². The molecule has 2 amide bonds. The van der Waals surface area contributed by atoms with Gasteiger partial charge in [0, 0.05) is 51.8 Å². The van der Waals surface area contributed by atoms with Crippen LogP contribution >= 0.6 is 23.4 Å². The first-order valence-electron chi connectivity index (χ1n) is 9.00. The molecule has 1 aromatic heterocycles. The van der Waals surface area contributed by atoms with E-state index in [1.54, 1.807) is 6.07 Å². The Kier molecular flexibility index (Phi) is 8.59. The van der Waals surface area contributed by atoms with Crippen LogP contribution in [-0.2, 0) is 9.59 Å². The van der Waals surface area contributed by atoms with E-state index in [1.165, 1.54) is 11.8 Å². The lowest BCUT2D eigenvalue weighted by atomic mass is 10.3. The summed E-state index contributed by atoms with van der Waals surface area (Å²) < 4.78 is 0. The zero-order valence-electron chi connectivity index (χ0n) is 16.1. The second kappa shape index (κ2) is 10.7. The fourth-order valence-corrected chi connectivity index (χ4v) is 3.53. The molecule has 2 rings (SSSR count). The predicted molar refractivity (Wildman–Crippen MR) is 108 cm³/mol. The van der Waals surface area contributed by atoms with Crippen LogP contribution in [0.5, 0.6) is 0 Å². The van der Waals surface area contributed by atoms with E-state index in [1.807, 2.05) is 30.8 Å². The molecule has 10 heteroatoms. The SMILES string of the molecule is CCC(=O)N1CCN(c2cc(Cl)nc(SCC(=O)NCCN(C)C)n2)CC1. The van der Waals surface area contributed by atoms with Crippen LogP contribution in [0, 0.1) is 0 Å². The minimum absolute atomic E-state index is 0.0568. The number of carbonyl (C=O) groups is 2. The lowest BCUT2D eigenvalue weighted by Crippen LogP contribution is -2.48. The summed E-state index contributed by atoms with van der Waals surface area (Å²) in [6, 6.07) is 1.72. The van der Waals surface area contributed by atoms with Gasteiger partial charge in [-0.25, -0.2) is 9.97 Å². The third-order valence-corrected chi connectivity index (χ3v) is 5.17. The molecule has 0 spiro atoms. The number of nitrogens with zero attached hydrogens (tertiary/aromatic N) is 5. The Morgan fingerprint density at radius 1 is 1.26 bits per heavy atom. The molecular formula is C17H27ClN6O2S. The van der Waals surface area contributed by atoms with E-state index in [2.05, 4.69) is 20.2 Å². The first-order valence-corrected chi connectivity index (χ1v) is 10.4. The highest BCUT2D eigenvalue weighted by atomic mass is 35.5. The summed E-state index contributed by atoms with van der Waals surface area (Å²) >= 11 is 7.41. The molecule has 0 radical (unpaired) electrons. The number of thioether (sulfide) groups is 1. The molecule has 1 aromatic rings. The number of anilines is 1. The highest BCUT2D eigenvalue weighted by Crippen LogP contribution is 2.22. The van der Waals surface area contributed by atoms with Gasteiger partial charge in [-0.15, -0.1) is 0 Å². The van der Waals surface area contributed by atoms with Crippen molar-refractivity contribution >= 4 is 41.0 Å². The largest absolute Gasteiger partial charge is 0.354 e. The molecule has 0 atom stereocenters. The zero-order chi connectivity index (χ0) is 19.8. The summed E-state index contributed by atoms with van der Waals surface area (Å²) in [5.74, 6) is 1.09. The fourth-order valence-electron chi connectivity index (χ4n) is 2.62. The highest BCUT2D eigenvalue weighted by Gasteiger charge is 2.21. The van der Waals surface area contributed by atoms with E-state index >= 15 is 0 Å². The fraction of sp³-hybridized carbons (Fsp3) is 0.647. The zero-order valence-corrected chi connectivity index (χ0v) is 17.6. The summed E-state index contributed by atoms with van der Waals surface area (Å²) in [6.07, 6.45) is 0.525. The summed E-state index contributed by atoms with van der Waals surface area (Å²) in [7, 11) is 3.92. The molecule has 0 bridgehead atoms. The molecule has 1 fully saturated rings. The first kappa shape index (κ1) is 21.7. The van der Waals surface area contributed by atoms with E-state index in [0.29, 0.717) is 49.5 Å². The second-order valence-electron chi connectivity index (χ2n) is 6.49.